The van der Waals surface area contributed by atoms with E-state index < -0.39 is 11.6 Å². The molecule has 1 rings (SSSR count). The quantitative estimate of drug-likeness (QED) is 0.534. The molecule has 0 aromatic rings. The Morgan fingerprint density at radius 3 is 2.38 bits per heavy atom. The molecule has 0 amide bonds. The van der Waals surface area contributed by atoms with Gasteiger partial charge in [0, 0.05) is 6.42 Å². The standard InChI is InChI=1S/C5H8O3/c1-5(4(6)7)2-3-8-5/h2-3H2,1H3,(H,6,7)/t5-/m1/s1. The summed E-state index contributed by atoms with van der Waals surface area (Å²) < 4.78 is 4.78. The minimum atomic E-state index is -0.861. The van der Waals surface area contributed by atoms with E-state index in [0.717, 1.165) is 0 Å². The van der Waals surface area contributed by atoms with Gasteiger partial charge in [0.1, 0.15) is 0 Å². The van der Waals surface area contributed by atoms with Crippen LogP contribution in [-0.2, 0) is 9.53 Å². The molecule has 1 atom stereocenters. The Hall–Kier alpha value is -0.570. The maximum atomic E-state index is 10.2. The molecular weight excluding hydrogens is 108 g/mol. The van der Waals surface area contributed by atoms with E-state index in [2.05, 4.69) is 0 Å². The third kappa shape index (κ3) is 0.591. The average molecular weight is 116 g/mol. The highest BCUT2D eigenvalue weighted by Crippen LogP contribution is 2.24. The van der Waals surface area contributed by atoms with Crippen molar-refractivity contribution in [1.29, 1.82) is 0 Å². The van der Waals surface area contributed by atoms with Crippen molar-refractivity contribution in [2.24, 2.45) is 0 Å². The van der Waals surface area contributed by atoms with Gasteiger partial charge in [-0.2, -0.15) is 0 Å². The molecule has 0 aliphatic carbocycles. The second-order valence-corrected chi connectivity index (χ2v) is 2.13. The van der Waals surface area contributed by atoms with Crippen molar-refractivity contribution in [1.82, 2.24) is 0 Å². The van der Waals surface area contributed by atoms with Gasteiger partial charge in [0.25, 0.3) is 0 Å². The first kappa shape index (κ1) is 5.56. The first-order valence-electron chi connectivity index (χ1n) is 2.52. The maximum absolute atomic E-state index is 10.2. The van der Waals surface area contributed by atoms with Crippen LogP contribution in [0.25, 0.3) is 0 Å². The van der Waals surface area contributed by atoms with Crippen LogP contribution in [-0.4, -0.2) is 23.3 Å². The molecule has 0 saturated carbocycles. The van der Waals surface area contributed by atoms with Crippen molar-refractivity contribution < 1.29 is 14.6 Å². The van der Waals surface area contributed by atoms with Crippen LogP contribution in [0.5, 0.6) is 0 Å². The lowest BCUT2D eigenvalue weighted by Gasteiger charge is -2.33. The van der Waals surface area contributed by atoms with E-state index in [9.17, 15) is 4.79 Å². The van der Waals surface area contributed by atoms with Gasteiger partial charge in [0.15, 0.2) is 5.60 Å². The monoisotopic (exact) mass is 116 g/mol. The smallest absolute Gasteiger partial charge is 0.335 e. The van der Waals surface area contributed by atoms with Crippen molar-refractivity contribution in [2.45, 2.75) is 18.9 Å². The predicted octanol–water partition coefficient (Wildman–Crippen LogP) is 0.250. The second-order valence-electron chi connectivity index (χ2n) is 2.13. The molecule has 3 nitrogen and oxygen atoms in total. The Kier molecular flexibility index (Phi) is 1.01. The summed E-state index contributed by atoms with van der Waals surface area (Å²) in [4.78, 5) is 10.2. The molecule has 0 spiro atoms. The number of carbonyl (C=O) groups is 1. The fourth-order valence-corrected chi connectivity index (χ4v) is 0.577. The van der Waals surface area contributed by atoms with Gasteiger partial charge in [-0.05, 0) is 6.92 Å². The topological polar surface area (TPSA) is 46.5 Å². The van der Waals surface area contributed by atoms with Crippen molar-refractivity contribution in [3.05, 3.63) is 0 Å². The van der Waals surface area contributed by atoms with Crippen molar-refractivity contribution >= 4 is 5.97 Å². The fourth-order valence-electron chi connectivity index (χ4n) is 0.577. The first-order chi connectivity index (χ1) is 3.65. The molecule has 1 aliphatic heterocycles. The number of ether oxygens (including phenoxy) is 1. The highest BCUT2D eigenvalue weighted by atomic mass is 16.5. The van der Waals surface area contributed by atoms with Crippen LogP contribution in [0.3, 0.4) is 0 Å². The van der Waals surface area contributed by atoms with Crippen LogP contribution >= 0.6 is 0 Å². The molecule has 8 heavy (non-hydrogen) atoms. The molecule has 1 heterocycles. The molecule has 1 fully saturated rings. The van der Waals surface area contributed by atoms with E-state index in [1.807, 2.05) is 0 Å². The minimum Gasteiger partial charge on any atom is -0.479 e. The van der Waals surface area contributed by atoms with Gasteiger partial charge in [-0.15, -0.1) is 0 Å². The number of rotatable bonds is 1. The zero-order valence-electron chi connectivity index (χ0n) is 4.68. The second kappa shape index (κ2) is 1.45. The highest BCUT2D eigenvalue weighted by molar-refractivity contribution is 5.77. The van der Waals surface area contributed by atoms with Crippen LogP contribution in [0.2, 0.25) is 0 Å². The first-order valence-corrected chi connectivity index (χ1v) is 2.52. The van der Waals surface area contributed by atoms with Crippen LogP contribution in [0.1, 0.15) is 13.3 Å². The molecule has 0 aromatic carbocycles. The van der Waals surface area contributed by atoms with Crippen molar-refractivity contribution in [3.63, 3.8) is 0 Å². The van der Waals surface area contributed by atoms with Crippen LogP contribution in [0, 0.1) is 0 Å². The number of carboxylic acid groups (broad SMARTS) is 1. The van der Waals surface area contributed by atoms with E-state index in [-0.39, 0.29) is 0 Å². The van der Waals surface area contributed by atoms with E-state index in [1.165, 1.54) is 0 Å². The number of hydrogen-bond acceptors (Lipinski definition) is 2. The Morgan fingerprint density at radius 2 is 2.38 bits per heavy atom. The molecule has 46 valence electrons. The van der Waals surface area contributed by atoms with Gasteiger partial charge in [-0.1, -0.05) is 0 Å². The van der Waals surface area contributed by atoms with E-state index in [0.29, 0.717) is 13.0 Å². The molecule has 1 N–H and O–H groups in total. The summed E-state index contributed by atoms with van der Waals surface area (Å²) in [5.41, 5.74) is -0.861. The third-order valence-corrected chi connectivity index (χ3v) is 1.45. The van der Waals surface area contributed by atoms with Gasteiger partial charge in [-0.25, -0.2) is 4.79 Å². The Labute approximate surface area is 47.3 Å². The molecule has 0 radical (unpaired) electrons. The van der Waals surface area contributed by atoms with E-state index >= 15 is 0 Å². The third-order valence-electron chi connectivity index (χ3n) is 1.45. The largest absolute Gasteiger partial charge is 0.479 e. The van der Waals surface area contributed by atoms with E-state index in [1.54, 1.807) is 6.92 Å². The van der Waals surface area contributed by atoms with Gasteiger partial charge in [0.05, 0.1) is 6.61 Å². The van der Waals surface area contributed by atoms with Crippen molar-refractivity contribution in [2.75, 3.05) is 6.61 Å². The zero-order valence-corrected chi connectivity index (χ0v) is 4.68. The average Bonchev–Trinajstić information content (AvgIpc) is 1.60. The summed E-state index contributed by atoms with van der Waals surface area (Å²) in [5, 5.41) is 8.37. The number of carboxylic acids is 1. The van der Waals surface area contributed by atoms with Gasteiger partial charge in [-0.3, -0.25) is 0 Å². The Balaban J connectivity index is 2.53. The number of aliphatic carboxylic acids is 1. The molecule has 0 bridgehead atoms. The molecule has 3 heteroatoms. The lowest BCUT2D eigenvalue weighted by Crippen LogP contribution is -2.47. The molecule has 0 unspecified atom stereocenters. The van der Waals surface area contributed by atoms with Crippen LogP contribution in [0.15, 0.2) is 0 Å². The number of hydrogen-bond donors (Lipinski definition) is 1. The molecule has 1 aliphatic rings. The van der Waals surface area contributed by atoms with Gasteiger partial charge < -0.3 is 9.84 Å². The maximum Gasteiger partial charge on any atom is 0.335 e. The highest BCUT2D eigenvalue weighted by Gasteiger charge is 2.40. The lowest BCUT2D eigenvalue weighted by molar-refractivity contribution is -0.188. The summed E-state index contributed by atoms with van der Waals surface area (Å²) in [6, 6.07) is 0. The van der Waals surface area contributed by atoms with Gasteiger partial charge in [0.2, 0.25) is 0 Å². The fraction of sp³-hybridized carbons (Fsp3) is 0.800. The van der Waals surface area contributed by atoms with Crippen LogP contribution in [0.4, 0.5) is 0 Å². The summed E-state index contributed by atoms with van der Waals surface area (Å²) >= 11 is 0. The summed E-state index contributed by atoms with van der Waals surface area (Å²) in [7, 11) is 0. The lowest BCUT2D eigenvalue weighted by atomic mass is 9.98. The van der Waals surface area contributed by atoms with Crippen LogP contribution < -0.4 is 0 Å². The molecule has 1 saturated heterocycles. The Morgan fingerprint density at radius 1 is 1.88 bits per heavy atom. The summed E-state index contributed by atoms with van der Waals surface area (Å²) in [6.07, 6.45) is 0.641. The van der Waals surface area contributed by atoms with Crippen molar-refractivity contribution in [3.8, 4) is 0 Å². The SMILES string of the molecule is C[C@]1(C(=O)O)CCO1. The van der Waals surface area contributed by atoms with E-state index in [4.69, 9.17) is 9.84 Å². The van der Waals surface area contributed by atoms with Gasteiger partial charge >= 0.3 is 5.97 Å². The minimum absolute atomic E-state index is 0.586. The predicted molar refractivity (Wildman–Crippen MR) is 26.6 cm³/mol. The summed E-state index contributed by atoms with van der Waals surface area (Å²) in [6.45, 7) is 2.17. The zero-order chi connectivity index (χ0) is 6.20. The normalized spacial score (nSPS) is 36.1. The Bertz CT molecular complexity index is 115. The summed E-state index contributed by atoms with van der Waals surface area (Å²) in [5.74, 6) is -0.858. The molecular formula is C5H8O3. The molecule has 0 aromatic heterocycles.